The SMILES string of the molecule is COc1cncc(-c2ccc(CNC3CC(Nc4ncnc5sc(CC(F)(F)F)cc45)CC(c4ncco4)C3)cc2)c1.Cl. The van der Waals surface area contributed by atoms with Crippen LogP contribution in [0.5, 0.6) is 5.75 Å². The van der Waals surface area contributed by atoms with Crippen molar-refractivity contribution >= 4 is 39.8 Å². The fraction of sp³-hybridized carbons (Fsp3) is 0.333. The summed E-state index contributed by atoms with van der Waals surface area (Å²) in [5, 5.41) is 7.80. The van der Waals surface area contributed by atoms with Gasteiger partial charge in [0.05, 0.1) is 31.3 Å². The number of thiophene rings is 1. The van der Waals surface area contributed by atoms with Crippen molar-refractivity contribution < 1.29 is 22.3 Å². The molecule has 0 bridgehead atoms. The number of rotatable bonds is 9. The largest absolute Gasteiger partial charge is 0.495 e. The van der Waals surface area contributed by atoms with Gasteiger partial charge in [-0.05, 0) is 42.5 Å². The van der Waals surface area contributed by atoms with Crippen LogP contribution in [0, 0.1) is 0 Å². The molecule has 4 heterocycles. The van der Waals surface area contributed by atoms with Crippen molar-refractivity contribution in [2.45, 2.75) is 56.4 Å². The second-order valence-corrected chi connectivity index (χ2v) is 11.6. The van der Waals surface area contributed by atoms with Crippen molar-refractivity contribution in [3.05, 3.63) is 83.9 Å². The van der Waals surface area contributed by atoms with Crippen LogP contribution in [-0.2, 0) is 13.0 Å². The molecule has 8 nitrogen and oxygen atoms in total. The Balaban J connectivity index is 0.00000368. The molecule has 3 atom stereocenters. The summed E-state index contributed by atoms with van der Waals surface area (Å²) in [6, 6.07) is 12.0. The van der Waals surface area contributed by atoms with E-state index in [1.54, 1.807) is 31.8 Å². The standard InChI is InChI=1S/C30H29F3N6O2S.ClH/c1-40-24-10-21(15-34-16-24)19-4-2-18(3-5-19)14-36-22-8-20(28-35-6-7-41-28)9-23(11-22)39-27-26-12-25(13-30(31,32)33)42-29(26)38-17-37-27;/h2-7,10,12,15-17,20,22-23,36H,8-9,11,13-14H2,1H3,(H,37,38,39);1H. The summed E-state index contributed by atoms with van der Waals surface area (Å²) in [6.07, 6.45) is 5.26. The molecule has 1 aliphatic carbocycles. The van der Waals surface area contributed by atoms with Gasteiger partial charge in [-0.3, -0.25) is 4.98 Å². The van der Waals surface area contributed by atoms with E-state index in [0.29, 0.717) is 34.2 Å². The molecule has 0 radical (unpaired) electrons. The normalized spacial score (nSPS) is 18.7. The molecule has 0 aliphatic heterocycles. The van der Waals surface area contributed by atoms with E-state index in [1.165, 1.54) is 6.33 Å². The second kappa shape index (κ2) is 13.3. The van der Waals surface area contributed by atoms with Gasteiger partial charge in [-0.1, -0.05) is 24.3 Å². The lowest BCUT2D eigenvalue weighted by molar-refractivity contribution is -0.126. The number of aromatic nitrogens is 4. The van der Waals surface area contributed by atoms with Gasteiger partial charge >= 0.3 is 6.18 Å². The maximum Gasteiger partial charge on any atom is 0.393 e. The summed E-state index contributed by atoms with van der Waals surface area (Å²) >= 11 is 1.05. The molecule has 13 heteroatoms. The summed E-state index contributed by atoms with van der Waals surface area (Å²) in [6.45, 7) is 0.676. The number of benzene rings is 1. The minimum atomic E-state index is -4.28. The van der Waals surface area contributed by atoms with Crippen molar-refractivity contribution in [3.63, 3.8) is 0 Å². The van der Waals surface area contributed by atoms with E-state index in [-0.39, 0.29) is 35.3 Å². The average Bonchev–Trinajstić information content (AvgIpc) is 3.66. The molecule has 43 heavy (non-hydrogen) atoms. The van der Waals surface area contributed by atoms with Crippen LogP contribution >= 0.6 is 23.7 Å². The Hall–Kier alpha value is -3.74. The molecule has 2 N–H and O–H groups in total. The smallest absolute Gasteiger partial charge is 0.393 e. The molecule has 1 aliphatic rings. The number of alkyl halides is 3. The van der Waals surface area contributed by atoms with Crippen molar-refractivity contribution in [2.24, 2.45) is 0 Å². The Morgan fingerprint density at radius 2 is 1.81 bits per heavy atom. The highest BCUT2D eigenvalue weighted by Crippen LogP contribution is 2.37. The number of nitrogens with zero attached hydrogens (tertiary/aromatic N) is 4. The lowest BCUT2D eigenvalue weighted by Gasteiger charge is -2.35. The molecule has 6 rings (SSSR count). The molecule has 226 valence electrons. The van der Waals surface area contributed by atoms with Gasteiger partial charge < -0.3 is 19.8 Å². The average molecular weight is 631 g/mol. The number of oxazole rings is 1. The number of anilines is 1. The highest BCUT2D eigenvalue weighted by molar-refractivity contribution is 7.18. The number of methoxy groups -OCH3 is 1. The number of hydrogen-bond acceptors (Lipinski definition) is 9. The molecule has 3 unspecified atom stereocenters. The van der Waals surface area contributed by atoms with Gasteiger partial charge in [0.25, 0.3) is 0 Å². The van der Waals surface area contributed by atoms with Gasteiger partial charge in [0, 0.05) is 41.2 Å². The van der Waals surface area contributed by atoms with Crippen molar-refractivity contribution in [1.29, 1.82) is 0 Å². The topological polar surface area (TPSA) is 98.0 Å². The first-order chi connectivity index (χ1) is 20.3. The minimum absolute atomic E-state index is 0. The Morgan fingerprint density at radius 3 is 2.56 bits per heavy atom. The third-order valence-electron chi connectivity index (χ3n) is 7.43. The Labute approximate surface area is 256 Å². The Bertz CT molecular complexity index is 1630. The monoisotopic (exact) mass is 630 g/mol. The van der Waals surface area contributed by atoms with Crippen LogP contribution < -0.4 is 15.4 Å². The molecule has 5 aromatic rings. The summed E-state index contributed by atoms with van der Waals surface area (Å²) in [5.41, 5.74) is 3.18. The van der Waals surface area contributed by atoms with E-state index in [0.717, 1.165) is 47.3 Å². The van der Waals surface area contributed by atoms with Gasteiger partial charge in [-0.25, -0.2) is 15.0 Å². The zero-order valence-electron chi connectivity index (χ0n) is 23.2. The third kappa shape index (κ3) is 7.62. The van der Waals surface area contributed by atoms with Gasteiger partial charge in [0.15, 0.2) is 5.89 Å². The summed E-state index contributed by atoms with van der Waals surface area (Å²) in [4.78, 5) is 18.0. The molecular weight excluding hydrogens is 601 g/mol. The van der Waals surface area contributed by atoms with E-state index < -0.39 is 12.6 Å². The molecule has 0 saturated heterocycles. The quantitative estimate of drug-likeness (QED) is 0.177. The van der Waals surface area contributed by atoms with Crippen LogP contribution in [-0.4, -0.2) is 45.3 Å². The molecule has 1 aromatic carbocycles. The number of pyridine rings is 1. The molecule has 4 aromatic heterocycles. The first kappa shape index (κ1) is 30.7. The van der Waals surface area contributed by atoms with E-state index >= 15 is 0 Å². The first-order valence-electron chi connectivity index (χ1n) is 13.6. The lowest BCUT2D eigenvalue weighted by atomic mass is 9.82. The van der Waals surface area contributed by atoms with Gasteiger partial charge in [-0.2, -0.15) is 13.2 Å². The van der Waals surface area contributed by atoms with E-state index in [9.17, 15) is 13.2 Å². The number of halogens is 4. The Morgan fingerprint density at radius 1 is 1.00 bits per heavy atom. The predicted molar refractivity (Wildman–Crippen MR) is 162 cm³/mol. The van der Waals surface area contributed by atoms with Crippen LogP contribution in [0.3, 0.4) is 0 Å². The lowest BCUT2D eigenvalue weighted by Crippen LogP contribution is -2.41. The van der Waals surface area contributed by atoms with Crippen molar-refractivity contribution in [1.82, 2.24) is 25.3 Å². The second-order valence-electron chi connectivity index (χ2n) is 10.4. The van der Waals surface area contributed by atoms with E-state index in [1.807, 2.05) is 12.3 Å². The number of fused-ring (bicyclic) bond motifs is 1. The van der Waals surface area contributed by atoms with Crippen molar-refractivity contribution in [3.8, 4) is 16.9 Å². The van der Waals surface area contributed by atoms with E-state index in [2.05, 4.69) is 54.8 Å². The van der Waals surface area contributed by atoms with Crippen LogP contribution in [0.15, 0.2) is 72.0 Å². The highest BCUT2D eigenvalue weighted by Gasteiger charge is 2.33. The molecule has 1 fully saturated rings. The first-order valence-corrected chi connectivity index (χ1v) is 14.4. The number of hydrogen-bond donors (Lipinski definition) is 2. The molecule has 0 spiro atoms. The van der Waals surface area contributed by atoms with Gasteiger partial charge in [0.2, 0.25) is 0 Å². The minimum Gasteiger partial charge on any atom is -0.495 e. The zero-order chi connectivity index (χ0) is 29.1. The molecular formula is C30H30ClF3N6O2S. The van der Waals surface area contributed by atoms with Gasteiger partial charge in [0.1, 0.15) is 29.0 Å². The fourth-order valence-corrected chi connectivity index (χ4v) is 6.53. The number of ether oxygens (including phenoxy) is 1. The van der Waals surface area contributed by atoms with Crippen LogP contribution in [0.1, 0.15) is 41.5 Å². The number of nitrogens with one attached hydrogen (secondary N) is 2. The zero-order valence-corrected chi connectivity index (χ0v) is 24.8. The molecule has 0 amide bonds. The maximum atomic E-state index is 13.0. The van der Waals surface area contributed by atoms with Gasteiger partial charge in [-0.15, -0.1) is 23.7 Å². The predicted octanol–water partition coefficient (Wildman–Crippen LogP) is 7.18. The fourth-order valence-electron chi connectivity index (χ4n) is 5.51. The van der Waals surface area contributed by atoms with E-state index in [4.69, 9.17) is 9.15 Å². The van der Waals surface area contributed by atoms with Crippen LogP contribution in [0.25, 0.3) is 21.3 Å². The van der Waals surface area contributed by atoms with Crippen LogP contribution in [0.4, 0.5) is 19.0 Å². The summed E-state index contributed by atoms with van der Waals surface area (Å²) in [5.74, 6) is 2.01. The maximum absolute atomic E-state index is 13.0. The Kier molecular flexibility index (Phi) is 9.48. The van der Waals surface area contributed by atoms with Crippen molar-refractivity contribution in [2.75, 3.05) is 12.4 Å². The summed E-state index contributed by atoms with van der Waals surface area (Å²) in [7, 11) is 1.62. The van der Waals surface area contributed by atoms with Crippen LogP contribution in [0.2, 0.25) is 0 Å². The highest BCUT2D eigenvalue weighted by atomic mass is 35.5. The molecule has 1 saturated carbocycles. The third-order valence-corrected chi connectivity index (χ3v) is 8.48. The summed E-state index contributed by atoms with van der Waals surface area (Å²) < 4.78 is 50.0.